The minimum atomic E-state index is -0.105. The van der Waals surface area contributed by atoms with Crippen molar-refractivity contribution in [2.75, 3.05) is 26.2 Å². The zero-order chi connectivity index (χ0) is 19.4. The third-order valence-electron chi connectivity index (χ3n) is 4.90. The van der Waals surface area contributed by atoms with Crippen LogP contribution in [-0.4, -0.2) is 64.1 Å². The van der Waals surface area contributed by atoms with Crippen molar-refractivity contribution in [3.8, 4) is 11.4 Å². The summed E-state index contributed by atoms with van der Waals surface area (Å²) in [4.78, 5) is 21.2. The van der Waals surface area contributed by atoms with Crippen LogP contribution in [0.3, 0.4) is 0 Å². The SMILES string of the molecule is Cc1ccc(-c2noc(CN3CCN(C(C)C(=O)NC(C)C)CC3)n2)cc1. The molecule has 1 fully saturated rings. The largest absolute Gasteiger partial charge is 0.353 e. The predicted octanol–water partition coefficient (Wildman–Crippen LogP) is 2.08. The van der Waals surface area contributed by atoms with Gasteiger partial charge in [0.2, 0.25) is 17.6 Å². The van der Waals surface area contributed by atoms with E-state index in [0.717, 1.165) is 31.7 Å². The Kier molecular flexibility index (Phi) is 6.23. The van der Waals surface area contributed by atoms with Crippen LogP contribution in [0.1, 0.15) is 32.2 Å². The topological polar surface area (TPSA) is 74.5 Å². The number of nitrogens with one attached hydrogen (secondary N) is 1. The van der Waals surface area contributed by atoms with Crippen molar-refractivity contribution in [1.82, 2.24) is 25.3 Å². The highest BCUT2D eigenvalue weighted by Crippen LogP contribution is 2.17. The van der Waals surface area contributed by atoms with Crippen LogP contribution < -0.4 is 5.32 Å². The van der Waals surface area contributed by atoms with Gasteiger partial charge in [0.15, 0.2) is 0 Å². The van der Waals surface area contributed by atoms with Gasteiger partial charge in [-0.2, -0.15) is 4.98 Å². The summed E-state index contributed by atoms with van der Waals surface area (Å²) in [5.41, 5.74) is 2.17. The molecule has 2 heterocycles. The Bertz CT molecular complexity index is 748. The molecule has 7 heteroatoms. The number of carbonyl (C=O) groups excluding carboxylic acids is 1. The van der Waals surface area contributed by atoms with Crippen molar-refractivity contribution in [2.24, 2.45) is 0 Å². The van der Waals surface area contributed by atoms with E-state index >= 15 is 0 Å². The second kappa shape index (κ2) is 8.63. The third kappa shape index (κ3) is 5.14. The number of piperazine rings is 1. The number of hydrogen-bond acceptors (Lipinski definition) is 6. The number of amides is 1. The van der Waals surface area contributed by atoms with Crippen molar-refractivity contribution < 1.29 is 9.32 Å². The zero-order valence-electron chi connectivity index (χ0n) is 16.6. The van der Waals surface area contributed by atoms with Gasteiger partial charge in [-0.05, 0) is 27.7 Å². The molecule has 1 atom stereocenters. The molecule has 0 spiro atoms. The molecule has 1 amide bonds. The summed E-state index contributed by atoms with van der Waals surface area (Å²) < 4.78 is 5.43. The molecule has 1 unspecified atom stereocenters. The van der Waals surface area contributed by atoms with Crippen LogP contribution in [0.4, 0.5) is 0 Å². The first-order valence-corrected chi connectivity index (χ1v) is 9.59. The third-order valence-corrected chi connectivity index (χ3v) is 4.90. The van der Waals surface area contributed by atoms with Crippen LogP contribution in [0.2, 0.25) is 0 Å². The first kappa shape index (κ1) is 19.5. The van der Waals surface area contributed by atoms with Gasteiger partial charge >= 0.3 is 0 Å². The van der Waals surface area contributed by atoms with E-state index in [1.807, 2.05) is 45.0 Å². The Morgan fingerprint density at radius 2 is 1.81 bits per heavy atom. The molecule has 1 N–H and O–H groups in total. The van der Waals surface area contributed by atoms with Crippen LogP contribution in [-0.2, 0) is 11.3 Å². The molecular formula is C20H29N5O2. The first-order valence-electron chi connectivity index (χ1n) is 9.59. The van der Waals surface area contributed by atoms with Crippen molar-refractivity contribution in [3.63, 3.8) is 0 Å². The van der Waals surface area contributed by atoms with Crippen LogP contribution in [0.25, 0.3) is 11.4 Å². The second-order valence-electron chi connectivity index (χ2n) is 7.53. The van der Waals surface area contributed by atoms with E-state index in [0.29, 0.717) is 18.3 Å². The predicted molar refractivity (Wildman–Crippen MR) is 104 cm³/mol. The summed E-state index contributed by atoms with van der Waals surface area (Å²) in [5.74, 6) is 1.35. The smallest absolute Gasteiger partial charge is 0.241 e. The van der Waals surface area contributed by atoms with Crippen LogP contribution in [0.5, 0.6) is 0 Å². The normalized spacial score (nSPS) is 17.2. The van der Waals surface area contributed by atoms with Gasteiger partial charge in [0, 0.05) is 37.8 Å². The molecule has 146 valence electrons. The minimum Gasteiger partial charge on any atom is -0.353 e. The molecule has 1 saturated heterocycles. The fraction of sp³-hybridized carbons (Fsp3) is 0.550. The monoisotopic (exact) mass is 371 g/mol. The summed E-state index contributed by atoms with van der Waals surface area (Å²) in [5, 5.41) is 7.08. The van der Waals surface area contributed by atoms with Gasteiger partial charge < -0.3 is 9.84 Å². The van der Waals surface area contributed by atoms with E-state index in [2.05, 4.69) is 32.2 Å². The molecular weight excluding hydrogens is 342 g/mol. The average Bonchev–Trinajstić information content (AvgIpc) is 3.10. The summed E-state index contributed by atoms with van der Waals surface area (Å²) >= 11 is 0. The summed E-state index contributed by atoms with van der Waals surface area (Å²) in [7, 11) is 0. The lowest BCUT2D eigenvalue weighted by Crippen LogP contribution is -2.54. The minimum absolute atomic E-state index is 0.0955. The van der Waals surface area contributed by atoms with Gasteiger partial charge in [-0.1, -0.05) is 35.0 Å². The lowest BCUT2D eigenvalue weighted by atomic mass is 10.1. The number of benzene rings is 1. The number of aromatic nitrogens is 2. The van der Waals surface area contributed by atoms with E-state index in [1.54, 1.807) is 0 Å². The molecule has 3 rings (SSSR count). The molecule has 7 nitrogen and oxygen atoms in total. The van der Waals surface area contributed by atoms with Crippen LogP contribution in [0, 0.1) is 6.92 Å². The average molecular weight is 371 g/mol. The number of nitrogens with zero attached hydrogens (tertiary/aromatic N) is 4. The highest BCUT2D eigenvalue weighted by Gasteiger charge is 2.26. The van der Waals surface area contributed by atoms with Gasteiger partial charge in [-0.25, -0.2) is 0 Å². The standard InChI is InChI=1S/C20H29N5O2/c1-14(2)21-20(26)16(4)25-11-9-24(10-12-25)13-18-22-19(23-27-18)17-7-5-15(3)6-8-17/h5-8,14,16H,9-13H2,1-4H3,(H,21,26). The fourth-order valence-corrected chi connectivity index (χ4v) is 3.21. The van der Waals surface area contributed by atoms with Gasteiger partial charge in [-0.15, -0.1) is 0 Å². The summed E-state index contributed by atoms with van der Waals surface area (Å²) in [6.45, 7) is 12.1. The Balaban J connectivity index is 1.51. The number of rotatable bonds is 6. The van der Waals surface area contributed by atoms with Gasteiger partial charge in [0.05, 0.1) is 12.6 Å². The lowest BCUT2D eigenvalue weighted by molar-refractivity contribution is -0.127. The van der Waals surface area contributed by atoms with Gasteiger partial charge in [0.1, 0.15) is 0 Å². The molecule has 0 bridgehead atoms. The molecule has 1 aliphatic heterocycles. The number of hydrogen-bond donors (Lipinski definition) is 1. The Labute approximate surface area is 160 Å². The quantitative estimate of drug-likeness (QED) is 0.838. The first-order chi connectivity index (χ1) is 12.9. The molecule has 27 heavy (non-hydrogen) atoms. The highest BCUT2D eigenvalue weighted by molar-refractivity contribution is 5.81. The van der Waals surface area contributed by atoms with Crippen LogP contribution >= 0.6 is 0 Å². The Morgan fingerprint density at radius 1 is 1.15 bits per heavy atom. The van der Waals surface area contributed by atoms with Crippen molar-refractivity contribution in [2.45, 2.75) is 46.3 Å². The molecule has 0 radical (unpaired) electrons. The van der Waals surface area contributed by atoms with E-state index in [4.69, 9.17) is 4.52 Å². The second-order valence-corrected chi connectivity index (χ2v) is 7.53. The van der Waals surface area contributed by atoms with Gasteiger partial charge in [-0.3, -0.25) is 14.6 Å². The fourth-order valence-electron chi connectivity index (χ4n) is 3.21. The van der Waals surface area contributed by atoms with Crippen molar-refractivity contribution in [1.29, 1.82) is 0 Å². The Morgan fingerprint density at radius 3 is 2.44 bits per heavy atom. The van der Waals surface area contributed by atoms with Crippen molar-refractivity contribution >= 4 is 5.91 Å². The van der Waals surface area contributed by atoms with E-state index in [-0.39, 0.29) is 18.0 Å². The summed E-state index contributed by atoms with van der Waals surface area (Å²) in [6.07, 6.45) is 0. The van der Waals surface area contributed by atoms with E-state index < -0.39 is 0 Å². The number of aryl methyl sites for hydroxylation is 1. The maximum Gasteiger partial charge on any atom is 0.241 e. The zero-order valence-corrected chi connectivity index (χ0v) is 16.6. The Hall–Kier alpha value is -2.25. The molecule has 1 aromatic heterocycles. The number of carbonyl (C=O) groups is 1. The van der Waals surface area contributed by atoms with Crippen molar-refractivity contribution in [3.05, 3.63) is 35.7 Å². The van der Waals surface area contributed by atoms with Gasteiger partial charge in [0.25, 0.3) is 0 Å². The maximum atomic E-state index is 12.2. The maximum absolute atomic E-state index is 12.2. The lowest BCUT2D eigenvalue weighted by Gasteiger charge is -2.37. The summed E-state index contributed by atoms with van der Waals surface area (Å²) in [6, 6.07) is 8.16. The molecule has 0 aliphatic carbocycles. The molecule has 2 aromatic rings. The van der Waals surface area contributed by atoms with E-state index in [9.17, 15) is 4.79 Å². The molecule has 1 aromatic carbocycles. The van der Waals surface area contributed by atoms with Crippen LogP contribution in [0.15, 0.2) is 28.8 Å². The van der Waals surface area contributed by atoms with E-state index in [1.165, 1.54) is 5.56 Å². The molecule has 0 saturated carbocycles. The highest BCUT2D eigenvalue weighted by atomic mass is 16.5. The molecule has 1 aliphatic rings.